The van der Waals surface area contributed by atoms with Crippen molar-refractivity contribution in [3.8, 4) is 0 Å². The molecule has 1 aromatic carbocycles. The van der Waals surface area contributed by atoms with Gasteiger partial charge in [0.05, 0.1) is 0 Å². The van der Waals surface area contributed by atoms with Gasteiger partial charge in [0.15, 0.2) is 0 Å². The molecule has 1 fully saturated rings. The first-order chi connectivity index (χ1) is 9.36. The van der Waals surface area contributed by atoms with E-state index in [4.69, 9.17) is 0 Å². The number of hydrogen-bond donors (Lipinski definition) is 0. The van der Waals surface area contributed by atoms with Crippen LogP contribution in [-0.4, -0.2) is 17.7 Å². The van der Waals surface area contributed by atoms with E-state index in [2.05, 4.69) is 52.2 Å². The van der Waals surface area contributed by atoms with Gasteiger partial charge in [0.1, 0.15) is 0 Å². The van der Waals surface area contributed by atoms with Crippen LogP contribution in [0.2, 0.25) is 0 Å². The predicted molar refractivity (Wildman–Crippen MR) is 84.9 cm³/mol. The highest BCUT2D eigenvalue weighted by atomic mass is 32.2. The highest BCUT2D eigenvalue weighted by Crippen LogP contribution is 2.34. The summed E-state index contributed by atoms with van der Waals surface area (Å²) in [5.41, 5.74) is 2.93. The van der Waals surface area contributed by atoms with Crippen molar-refractivity contribution < 1.29 is 0 Å². The minimum absolute atomic E-state index is 0.631. The summed E-state index contributed by atoms with van der Waals surface area (Å²) in [6.45, 7) is 2.31. The first kappa shape index (κ1) is 13.2. The van der Waals surface area contributed by atoms with Crippen molar-refractivity contribution >= 4 is 23.1 Å². The molecule has 3 heteroatoms. The average molecular weight is 289 g/mol. The lowest BCUT2D eigenvalue weighted by Crippen LogP contribution is -2.22. The molecule has 1 nitrogen and oxygen atoms in total. The van der Waals surface area contributed by atoms with E-state index >= 15 is 0 Å². The second kappa shape index (κ2) is 6.12. The Balaban J connectivity index is 1.71. The zero-order chi connectivity index (χ0) is 13.1. The van der Waals surface area contributed by atoms with Gasteiger partial charge in [0.25, 0.3) is 0 Å². The van der Waals surface area contributed by atoms with Crippen molar-refractivity contribution in [3.05, 3.63) is 52.2 Å². The fourth-order valence-corrected chi connectivity index (χ4v) is 3.94. The van der Waals surface area contributed by atoms with Crippen molar-refractivity contribution in [1.82, 2.24) is 4.90 Å². The van der Waals surface area contributed by atoms with Crippen LogP contribution in [0.25, 0.3) is 0 Å². The van der Waals surface area contributed by atoms with Gasteiger partial charge in [-0.05, 0) is 65.7 Å². The third kappa shape index (κ3) is 3.04. The fraction of sp³-hybridized carbons (Fsp3) is 0.375. The SMILES string of the molecule is CSc1ccc(CN2CCC[C@H]2c2ccsc2)cc1. The van der Waals surface area contributed by atoms with Gasteiger partial charge < -0.3 is 0 Å². The van der Waals surface area contributed by atoms with Gasteiger partial charge in [-0.3, -0.25) is 4.90 Å². The van der Waals surface area contributed by atoms with Crippen LogP contribution in [0.1, 0.15) is 30.0 Å². The Morgan fingerprint density at radius 1 is 1.26 bits per heavy atom. The van der Waals surface area contributed by atoms with Crippen molar-refractivity contribution in [1.29, 1.82) is 0 Å². The molecule has 100 valence electrons. The summed E-state index contributed by atoms with van der Waals surface area (Å²) in [5.74, 6) is 0. The summed E-state index contributed by atoms with van der Waals surface area (Å²) >= 11 is 3.62. The first-order valence-corrected chi connectivity index (χ1v) is 8.92. The summed E-state index contributed by atoms with van der Waals surface area (Å²) in [4.78, 5) is 3.97. The van der Waals surface area contributed by atoms with Gasteiger partial charge in [-0.15, -0.1) is 11.8 Å². The zero-order valence-corrected chi connectivity index (χ0v) is 12.8. The molecule has 0 unspecified atom stereocenters. The Kier molecular flexibility index (Phi) is 4.26. The number of likely N-dealkylation sites (tertiary alicyclic amines) is 1. The summed E-state index contributed by atoms with van der Waals surface area (Å²) < 4.78 is 0. The number of thioether (sulfide) groups is 1. The van der Waals surface area contributed by atoms with Crippen molar-refractivity contribution in [2.75, 3.05) is 12.8 Å². The monoisotopic (exact) mass is 289 g/mol. The van der Waals surface area contributed by atoms with E-state index in [1.165, 1.54) is 35.4 Å². The van der Waals surface area contributed by atoms with Gasteiger partial charge in [-0.2, -0.15) is 11.3 Å². The molecule has 1 saturated heterocycles. The molecule has 2 aromatic rings. The maximum absolute atomic E-state index is 2.62. The van der Waals surface area contributed by atoms with E-state index in [1.807, 2.05) is 11.3 Å². The quantitative estimate of drug-likeness (QED) is 0.743. The molecule has 1 aromatic heterocycles. The van der Waals surface area contributed by atoms with Crippen LogP contribution < -0.4 is 0 Å². The number of benzene rings is 1. The largest absolute Gasteiger partial charge is 0.292 e. The molecule has 0 N–H and O–H groups in total. The lowest BCUT2D eigenvalue weighted by atomic mass is 10.1. The summed E-state index contributed by atoms with van der Waals surface area (Å²) in [6, 6.07) is 11.9. The van der Waals surface area contributed by atoms with Crippen LogP contribution >= 0.6 is 23.1 Å². The minimum atomic E-state index is 0.631. The van der Waals surface area contributed by atoms with Crippen LogP contribution in [-0.2, 0) is 6.54 Å². The third-order valence-corrected chi connectivity index (χ3v) is 5.28. The molecule has 0 bridgehead atoms. The van der Waals surface area contributed by atoms with E-state index in [0.29, 0.717) is 6.04 Å². The van der Waals surface area contributed by atoms with Gasteiger partial charge in [-0.25, -0.2) is 0 Å². The number of nitrogens with zero attached hydrogens (tertiary/aromatic N) is 1. The minimum Gasteiger partial charge on any atom is -0.292 e. The summed E-state index contributed by atoms with van der Waals surface area (Å²) in [6.07, 6.45) is 4.76. The molecule has 1 atom stereocenters. The molecule has 2 heterocycles. The molecular weight excluding hydrogens is 270 g/mol. The molecule has 0 amide bonds. The first-order valence-electron chi connectivity index (χ1n) is 6.76. The molecule has 1 aliphatic rings. The fourth-order valence-electron chi connectivity index (χ4n) is 2.82. The number of thiophene rings is 1. The molecule has 1 aliphatic heterocycles. The highest BCUT2D eigenvalue weighted by molar-refractivity contribution is 7.98. The highest BCUT2D eigenvalue weighted by Gasteiger charge is 2.25. The molecule has 3 rings (SSSR count). The summed E-state index contributed by atoms with van der Waals surface area (Å²) in [7, 11) is 0. The molecule has 0 radical (unpaired) electrons. The predicted octanol–water partition coefficient (Wildman–Crippen LogP) is 4.81. The van der Waals surface area contributed by atoms with Crippen LogP contribution in [0.15, 0.2) is 46.0 Å². The van der Waals surface area contributed by atoms with E-state index in [0.717, 1.165) is 6.54 Å². The van der Waals surface area contributed by atoms with E-state index < -0.39 is 0 Å². The van der Waals surface area contributed by atoms with Gasteiger partial charge >= 0.3 is 0 Å². The second-order valence-electron chi connectivity index (χ2n) is 5.03. The van der Waals surface area contributed by atoms with Gasteiger partial charge in [0.2, 0.25) is 0 Å². The lowest BCUT2D eigenvalue weighted by Gasteiger charge is -2.24. The van der Waals surface area contributed by atoms with Crippen LogP contribution in [0.5, 0.6) is 0 Å². The van der Waals surface area contributed by atoms with E-state index in [1.54, 1.807) is 11.8 Å². The molecule has 0 saturated carbocycles. The van der Waals surface area contributed by atoms with Crippen molar-refractivity contribution in [2.24, 2.45) is 0 Å². The average Bonchev–Trinajstić information content (AvgIpc) is 3.10. The maximum Gasteiger partial charge on any atom is 0.0360 e. The standard InChI is InChI=1S/C16H19NS2/c1-18-15-6-4-13(5-7-15)11-17-9-2-3-16(17)14-8-10-19-12-14/h4-8,10,12,16H,2-3,9,11H2,1H3/t16-/m0/s1. The molecule has 0 aliphatic carbocycles. The van der Waals surface area contributed by atoms with Crippen molar-refractivity contribution in [3.63, 3.8) is 0 Å². The van der Waals surface area contributed by atoms with E-state index in [-0.39, 0.29) is 0 Å². The van der Waals surface area contributed by atoms with Crippen LogP contribution in [0, 0.1) is 0 Å². The van der Waals surface area contributed by atoms with Crippen LogP contribution in [0.3, 0.4) is 0 Å². The number of rotatable bonds is 4. The van der Waals surface area contributed by atoms with E-state index in [9.17, 15) is 0 Å². The summed E-state index contributed by atoms with van der Waals surface area (Å²) in [5, 5.41) is 4.50. The maximum atomic E-state index is 2.62. The van der Waals surface area contributed by atoms with Gasteiger partial charge in [0, 0.05) is 17.5 Å². The van der Waals surface area contributed by atoms with Crippen molar-refractivity contribution in [2.45, 2.75) is 30.3 Å². The Morgan fingerprint density at radius 3 is 2.79 bits per heavy atom. The smallest absolute Gasteiger partial charge is 0.0360 e. The Hall–Kier alpha value is -0.770. The second-order valence-corrected chi connectivity index (χ2v) is 6.69. The molecular formula is C16H19NS2. The zero-order valence-electron chi connectivity index (χ0n) is 11.2. The lowest BCUT2D eigenvalue weighted by molar-refractivity contribution is 0.249. The van der Waals surface area contributed by atoms with Gasteiger partial charge in [-0.1, -0.05) is 12.1 Å². The topological polar surface area (TPSA) is 3.24 Å². The third-order valence-electron chi connectivity index (χ3n) is 3.84. The molecule has 19 heavy (non-hydrogen) atoms. The molecule has 0 spiro atoms. The van der Waals surface area contributed by atoms with Crippen LogP contribution in [0.4, 0.5) is 0 Å². The Labute approximate surface area is 123 Å². The normalized spacial score (nSPS) is 19.9. The Morgan fingerprint density at radius 2 is 2.11 bits per heavy atom. The Bertz CT molecular complexity index is 504. The number of hydrogen-bond acceptors (Lipinski definition) is 3.